The number of amides is 1. The number of nitrogens with one attached hydrogen (secondary N) is 1. The number of carbonyl (C=O) groups excluding carboxylic acids is 1. The second-order valence-corrected chi connectivity index (χ2v) is 6.31. The summed E-state index contributed by atoms with van der Waals surface area (Å²) >= 11 is 0. The number of hydrogen-bond acceptors (Lipinski definition) is 5. The van der Waals surface area contributed by atoms with E-state index in [1.165, 1.54) is 0 Å². The van der Waals surface area contributed by atoms with Crippen LogP contribution in [-0.2, 0) is 4.74 Å². The monoisotopic (exact) mass is 319 g/mol. The van der Waals surface area contributed by atoms with Crippen LogP contribution in [0.4, 0.5) is 0 Å². The van der Waals surface area contributed by atoms with E-state index in [9.17, 15) is 9.90 Å². The van der Waals surface area contributed by atoms with Crippen molar-refractivity contribution >= 4 is 5.91 Å². The molecule has 1 saturated carbocycles. The van der Waals surface area contributed by atoms with Crippen molar-refractivity contribution < 1.29 is 14.6 Å². The summed E-state index contributed by atoms with van der Waals surface area (Å²) in [6, 6.07) is 3.37. The van der Waals surface area contributed by atoms with Gasteiger partial charge in [-0.2, -0.15) is 0 Å². The fraction of sp³-hybridized carbons (Fsp3) is 0.647. The molecule has 6 heteroatoms. The van der Waals surface area contributed by atoms with Gasteiger partial charge in [-0.25, -0.2) is 0 Å². The van der Waals surface area contributed by atoms with Crippen LogP contribution in [0.15, 0.2) is 24.5 Å². The van der Waals surface area contributed by atoms with Crippen molar-refractivity contribution in [2.75, 3.05) is 26.3 Å². The SMILES string of the molecule is O=C(N[C@@H]1CCCC[C@@H](N2CCOCC2)[C@@H]1O)c1cccnc1. The number of hydrogen-bond donors (Lipinski definition) is 2. The third-order valence-electron chi connectivity index (χ3n) is 4.83. The van der Waals surface area contributed by atoms with Gasteiger partial charge in [0.2, 0.25) is 0 Å². The molecule has 23 heavy (non-hydrogen) atoms. The van der Waals surface area contributed by atoms with E-state index in [-0.39, 0.29) is 18.0 Å². The van der Waals surface area contributed by atoms with Gasteiger partial charge in [-0.05, 0) is 25.0 Å². The smallest absolute Gasteiger partial charge is 0.253 e. The van der Waals surface area contributed by atoms with Crippen molar-refractivity contribution in [1.82, 2.24) is 15.2 Å². The molecule has 2 fully saturated rings. The molecule has 126 valence electrons. The summed E-state index contributed by atoms with van der Waals surface area (Å²) in [5, 5.41) is 13.9. The summed E-state index contributed by atoms with van der Waals surface area (Å²) in [4.78, 5) is 18.6. The van der Waals surface area contributed by atoms with Crippen molar-refractivity contribution in [3.8, 4) is 0 Å². The van der Waals surface area contributed by atoms with Crippen LogP contribution in [0.5, 0.6) is 0 Å². The van der Waals surface area contributed by atoms with E-state index in [0.29, 0.717) is 5.56 Å². The van der Waals surface area contributed by atoms with E-state index in [1.807, 2.05) is 0 Å². The molecular weight excluding hydrogens is 294 g/mol. The minimum atomic E-state index is -0.545. The van der Waals surface area contributed by atoms with Crippen LogP contribution in [-0.4, -0.2) is 65.4 Å². The summed E-state index contributed by atoms with van der Waals surface area (Å²) in [7, 11) is 0. The molecule has 2 aliphatic rings. The van der Waals surface area contributed by atoms with Gasteiger partial charge in [0.1, 0.15) is 0 Å². The normalized spacial score (nSPS) is 29.7. The van der Waals surface area contributed by atoms with Crippen LogP contribution in [0.3, 0.4) is 0 Å². The maximum atomic E-state index is 12.4. The van der Waals surface area contributed by atoms with Crippen molar-refractivity contribution in [1.29, 1.82) is 0 Å². The van der Waals surface area contributed by atoms with Crippen LogP contribution >= 0.6 is 0 Å². The largest absolute Gasteiger partial charge is 0.389 e. The first-order valence-corrected chi connectivity index (χ1v) is 8.46. The first kappa shape index (κ1) is 16.4. The molecular formula is C17H25N3O3. The molecule has 3 atom stereocenters. The third kappa shape index (κ3) is 4.07. The highest BCUT2D eigenvalue weighted by Crippen LogP contribution is 2.24. The number of ether oxygens (including phenoxy) is 1. The zero-order valence-electron chi connectivity index (χ0n) is 13.4. The first-order valence-electron chi connectivity index (χ1n) is 8.46. The Balaban J connectivity index is 1.66. The summed E-state index contributed by atoms with van der Waals surface area (Å²) in [6.45, 7) is 3.14. The van der Waals surface area contributed by atoms with Crippen molar-refractivity contribution in [2.24, 2.45) is 0 Å². The Morgan fingerprint density at radius 1 is 1.30 bits per heavy atom. The molecule has 0 spiro atoms. The Bertz CT molecular complexity index is 505. The van der Waals surface area contributed by atoms with Gasteiger partial charge in [-0.15, -0.1) is 0 Å². The highest BCUT2D eigenvalue weighted by atomic mass is 16.5. The molecule has 1 aliphatic carbocycles. The lowest BCUT2D eigenvalue weighted by molar-refractivity contribution is -0.0308. The molecule has 1 aromatic rings. The van der Waals surface area contributed by atoms with E-state index in [2.05, 4.69) is 15.2 Å². The summed E-state index contributed by atoms with van der Waals surface area (Å²) in [6.07, 6.45) is 6.54. The van der Waals surface area contributed by atoms with Crippen molar-refractivity contribution in [2.45, 2.75) is 43.9 Å². The van der Waals surface area contributed by atoms with Gasteiger partial charge in [-0.1, -0.05) is 12.8 Å². The van der Waals surface area contributed by atoms with Gasteiger partial charge >= 0.3 is 0 Å². The minimum absolute atomic E-state index is 0.0978. The molecule has 0 aromatic carbocycles. The van der Waals surface area contributed by atoms with E-state index in [1.54, 1.807) is 24.5 Å². The van der Waals surface area contributed by atoms with Crippen LogP contribution in [0.1, 0.15) is 36.0 Å². The van der Waals surface area contributed by atoms with Crippen molar-refractivity contribution in [3.05, 3.63) is 30.1 Å². The van der Waals surface area contributed by atoms with Crippen molar-refractivity contribution in [3.63, 3.8) is 0 Å². The molecule has 2 N–H and O–H groups in total. The average molecular weight is 319 g/mol. The molecule has 1 amide bonds. The number of nitrogens with zero attached hydrogens (tertiary/aromatic N) is 2. The number of aromatic nitrogens is 1. The Labute approximate surface area is 136 Å². The van der Waals surface area contributed by atoms with E-state index in [4.69, 9.17) is 4.74 Å². The Kier molecular flexibility index (Phi) is 5.59. The van der Waals surface area contributed by atoms with Crippen LogP contribution in [0, 0.1) is 0 Å². The Hall–Kier alpha value is -1.50. The Morgan fingerprint density at radius 3 is 2.83 bits per heavy atom. The van der Waals surface area contributed by atoms with E-state index in [0.717, 1.165) is 52.0 Å². The van der Waals surface area contributed by atoms with Gasteiger partial charge in [0.05, 0.1) is 30.9 Å². The maximum Gasteiger partial charge on any atom is 0.253 e. The van der Waals surface area contributed by atoms with Crippen LogP contribution in [0.2, 0.25) is 0 Å². The van der Waals surface area contributed by atoms with Gasteiger partial charge in [0.15, 0.2) is 0 Å². The zero-order valence-corrected chi connectivity index (χ0v) is 13.4. The lowest BCUT2D eigenvalue weighted by Gasteiger charge is -2.38. The minimum Gasteiger partial charge on any atom is -0.389 e. The number of pyridine rings is 1. The predicted octanol–water partition coefficient (Wildman–Crippen LogP) is 0.816. The number of carbonyl (C=O) groups is 1. The number of rotatable bonds is 3. The molecule has 1 saturated heterocycles. The second-order valence-electron chi connectivity index (χ2n) is 6.31. The van der Waals surface area contributed by atoms with Crippen LogP contribution < -0.4 is 5.32 Å². The molecule has 0 radical (unpaired) electrons. The summed E-state index contributed by atoms with van der Waals surface area (Å²) in [5.41, 5.74) is 0.534. The number of aliphatic hydroxyl groups excluding tert-OH is 1. The zero-order chi connectivity index (χ0) is 16.1. The molecule has 1 aromatic heterocycles. The second kappa shape index (κ2) is 7.86. The van der Waals surface area contributed by atoms with Crippen LogP contribution in [0.25, 0.3) is 0 Å². The summed E-state index contributed by atoms with van der Waals surface area (Å²) < 4.78 is 5.41. The summed E-state index contributed by atoms with van der Waals surface area (Å²) in [5.74, 6) is -0.162. The molecule has 2 heterocycles. The molecule has 0 bridgehead atoms. The number of morpholine rings is 1. The lowest BCUT2D eigenvalue weighted by atomic mass is 9.99. The quantitative estimate of drug-likeness (QED) is 0.807. The average Bonchev–Trinajstić information content (AvgIpc) is 2.78. The molecule has 1 aliphatic heterocycles. The van der Waals surface area contributed by atoms with Gasteiger partial charge in [-0.3, -0.25) is 14.7 Å². The first-order chi connectivity index (χ1) is 11.3. The van der Waals surface area contributed by atoms with E-state index < -0.39 is 6.10 Å². The highest BCUT2D eigenvalue weighted by molar-refractivity contribution is 5.94. The lowest BCUT2D eigenvalue weighted by Crippen LogP contribution is -2.55. The maximum absolute atomic E-state index is 12.4. The fourth-order valence-corrected chi connectivity index (χ4v) is 3.54. The van der Waals surface area contributed by atoms with Gasteiger partial charge in [0, 0.05) is 31.5 Å². The topological polar surface area (TPSA) is 74.7 Å². The molecule has 0 unspecified atom stereocenters. The standard InChI is InChI=1S/C17H25N3O3/c21-16-14(19-17(22)13-4-3-7-18-12-13)5-1-2-6-15(16)20-8-10-23-11-9-20/h3-4,7,12,14-16,21H,1-2,5-6,8-11H2,(H,19,22)/t14-,15-,16-/m1/s1. The highest BCUT2D eigenvalue weighted by Gasteiger charge is 2.35. The number of aliphatic hydroxyl groups is 1. The van der Waals surface area contributed by atoms with E-state index >= 15 is 0 Å². The van der Waals surface area contributed by atoms with Gasteiger partial charge < -0.3 is 15.2 Å². The molecule has 6 nitrogen and oxygen atoms in total. The Morgan fingerprint density at radius 2 is 2.09 bits per heavy atom. The van der Waals surface area contributed by atoms with Gasteiger partial charge in [0.25, 0.3) is 5.91 Å². The molecule has 3 rings (SSSR count). The third-order valence-corrected chi connectivity index (χ3v) is 4.83. The predicted molar refractivity (Wildman–Crippen MR) is 86.1 cm³/mol. The fourth-order valence-electron chi connectivity index (χ4n) is 3.54.